The fraction of sp³-hybridized carbons (Fsp3) is 0.769. The molecule has 2 N–H and O–H groups in total. The van der Waals surface area contributed by atoms with Crippen molar-refractivity contribution in [3.05, 3.63) is 18.0 Å². The van der Waals surface area contributed by atoms with Gasteiger partial charge in [0.05, 0.1) is 12.3 Å². The van der Waals surface area contributed by atoms with Gasteiger partial charge in [-0.3, -0.25) is 9.58 Å². The van der Waals surface area contributed by atoms with Crippen LogP contribution >= 0.6 is 0 Å². The molecule has 5 nitrogen and oxygen atoms in total. The predicted octanol–water partition coefficient (Wildman–Crippen LogP) is -0.0833. The molecule has 0 aliphatic carbocycles. The van der Waals surface area contributed by atoms with E-state index in [0.717, 1.165) is 45.0 Å². The van der Waals surface area contributed by atoms with Crippen LogP contribution in [0.3, 0.4) is 0 Å². The summed E-state index contributed by atoms with van der Waals surface area (Å²) >= 11 is 0. The van der Waals surface area contributed by atoms with Crippen molar-refractivity contribution < 1.29 is 5.11 Å². The molecular weight excluding hydrogens is 228 g/mol. The van der Waals surface area contributed by atoms with E-state index in [2.05, 4.69) is 28.3 Å². The van der Waals surface area contributed by atoms with Gasteiger partial charge in [0.15, 0.2) is 0 Å². The summed E-state index contributed by atoms with van der Waals surface area (Å²) in [6, 6.07) is 2.10. The SMILES string of the molecule is CCn1ccc(CN2CC3CNCC3(CO)C2)n1. The van der Waals surface area contributed by atoms with Crippen LogP contribution in [-0.2, 0) is 13.1 Å². The van der Waals surface area contributed by atoms with Gasteiger partial charge >= 0.3 is 0 Å². The third kappa shape index (κ3) is 1.96. The average molecular weight is 250 g/mol. The molecule has 1 aromatic rings. The maximum atomic E-state index is 9.67. The van der Waals surface area contributed by atoms with E-state index in [-0.39, 0.29) is 5.41 Å². The van der Waals surface area contributed by atoms with Crippen LogP contribution in [0.4, 0.5) is 0 Å². The molecule has 2 aliphatic heterocycles. The number of hydrogen-bond acceptors (Lipinski definition) is 4. The maximum Gasteiger partial charge on any atom is 0.0764 e. The Morgan fingerprint density at radius 3 is 3.17 bits per heavy atom. The van der Waals surface area contributed by atoms with Gasteiger partial charge in [-0.2, -0.15) is 5.10 Å². The minimum Gasteiger partial charge on any atom is -0.396 e. The van der Waals surface area contributed by atoms with E-state index in [0.29, 0.717) is 12.5 Å². The third-order valence-corrected chi connectivity index (χ3v) is 4.47. The van der Waals surface area contributed by atoms with Crippen LogP contribution in [0.5, 0.6) is 0 Å². The molecule has 5 heteroatoms. The number of likely N-dealkylation sites (tertiary alicyclic amines) is 1. The fourth-order valence-corrected chi connectivity index (χ4v) is 3.37. The summed E-state index contributed by atoms with van der Waals surface area (Å²) in [5, 5.41) is 17.6. The van der Waals surface area contributed by atoms with Crippen molar-refractivity contribution >= 4 is 0 Å². The average Bonchev–Trinajstić information content (AvgIpc) is 3.02. The molecule has 0 amide bonds. The largest absolute Gasteiger partial charge is 0.396 e. The van der Waals surface area contributed by atoms with E-state index < -0.39 is 0 Å². The minimum absolute atomic E-state index is 0.0906. The maximum absolute atomic E-state index is 9.67. The van der Waals surface area contributed by atoms with Gasteiger partial charge in [0.2, 0.25) is 0 Å². The molecule has 18 heavy (non-hydrogen) atoms. The Morgan fingerprint density at radius 2 is 2.50 bits per heavy atom. The second kappa shape index (κ2) is 4.64. The molecule has 2 saturated heterocycles. The van der Waals surface area contributed by atoms with E-state index in [9.17, 15) is 5.11 Å². The number of nitrogens with one attached hydrogen (secondary N) is 1. The van der Waals surface area contributed by atoms with Gasteiger partial charge in [-0.05, 0) is 25.5 Å². The van der Waals surface area contributed by atoms with Gasteiger partial charge in [0.25, 0.3) is 0 Å². The van der Waals surface area contributed by atoms with Crippen molar-refractivity contribution in [2.45, 2.75) is 20.0 Å². The Morgan fingerprint density at radius 1 is 1.61 bits per heavy atom. The zero-order valence-corrected chi connectivity index (χ0v) is 11.0. The third-order valence-electron chi connectivity index (χ3n) is 4.47. The van der Waals surface area contributed by atoms with Crippen molar-refractivity contribution in [1.82, 2.24) is 20.0 Å². The second-order valence-corrected chi connectivity index (χ2v) is 5.68. The summed E-state index contributed by atoms with van der Waals surface area (Å²) in [5.41, 5.74) is 1.23. The van der Waals surface area contributed by atoms with E-state index in [1.807, 2.05) is 10.9 Å². The lowest BCUT2D eigenvalue weighted by Crippen LogP contribution is -2.35. The molecule has 2 aliphatic rings. The summed E-state index contributed by atoms with van der Waals surface area (Å²) in [5.74, 6) is 0.593. The van der Waals surface area contributed by atoms with Crippen LogP contribution in [0.25, 0.3) is 0 Å². The van der Waals surface area contributed by atoms with Gasteiger partial charge in [-0.15, -0.1) is 0 Å². The lowest BCUT2D eigenvalue weighted by Gasteiger charge is -2.25. The molecule has 2 unspecified atom stereocenters. The van der Waals surface area contributed by atoms with Gasteiger partial charge in [0, 0.05) is 44.3 Å². The van der Waals surface area contributed by atoms with Gasteiger partial charge in [-0.1, -0.05) is 0 Å². The number of nitrogens with zero attached hydrogens (tertiary/aromatic N) is 3. The Hall–Kier alpha value is -0.910. The highest BCUT2D eigenvalue weighted by atomic mass is 16.3. The molecule has 2 fully saturated rings. The summed E-state index contributed by atoms with van der Waals surface area (Å²) in [6.45, 7) is 8.29. The highest BCUT2D eigenvalue weighted by molar-refractivity contribution is 5.06. The highest BCUT2D eigenvalue weighted by Crippen LogP contribution is 2.38. The molecule has 0 spiro atoms. The number of aromatic nitrogens is 2. The summed E-state index contributed by atoms with van der Waals surface area (Å²) in [4.78, 5) is 2.43. The zero-order valence-electron chi connectivity index (χ0n) is 11.0. The Balaban J connectivity index is 1.65. The van der Waals surface area contributed by atoms with Crippen molar-refractivity contribution in [2.24, 2.45) is 11.3 Å². The highest BCUT2D eigenvalue weighted by Gasteiger charge is 2.49. The lowest BCUT2D eigenvalue weighted by atomic mass is 9.82. The molecule has 1 aromatic heterocycles. The van der Waals surface area contributed by atoms with Crippen molar-refractivity contribution in [3.8, 4) is 0 Å². The quantitative estimate of drug-likeness (QED) is 0.784. The molecule has 3 heterocycles. The van der Waals surface area contributed by atoms with Crippen LogP contribution in [0.15, 0.2) is 12.3 Å². The number of hydrogen-bond donors (Lipinski definition) is 2. The van der Waals surface area contributed by atoms with E-state index in [1.54, 1.807) is 0 Å². The van der Waals surface area contributed by atoms with E-state index >= 15 is 0 Å². The Kier molecular flexibility index (Phi) is 3.13. The van der Waals surface area contributed by atoms with Gasteiger partial charge < -0.3 is 10.4 Å². The van der Waals surface area contributed by atoms with Crippen LogP contribution in [0, 0.1) is 11.3 Å². The number of fused-ring (bicyclic) bond motifs is 1. The van der Waals surface area contributed by atoms with Crippen LogP contribution in [0.1, 0.15) is 12.6 Å². The molecule has 0 bridgehead atoms. The molecule has 100 valence electrons. The van der Waals surface area contributed by atoms with Gasteiger partial charge in [-0.25, -0.2) is 0 Å². The monoisotopic (exact) mass is 250 g/mol. The topological polar surface area (TPSA) is 53.3 Å². The summed E-state index contributed by atoms with van der Waals surface area (Å²) < 4.78 is 1.97. The Bertz CT molecular complexity index is 419. The van der Waals surface area contributed by atoms with Gasteiger partial charge in [0.1, 0.15) is 0 Å². The number of rotatable bonds is 4. The first-order chi connectivity index (χ1) is 8.75. The minimum atomic E-state index is 0.0906. The number of aryl methyl sites for hydroxylation is 1. The van der Waals surface area contributed by atoms with E-state index in [1.165, 1.54) is 0 Å². The molecule has 3 rings (SSSR count). The second-order valence-electron chi connectivity index (χ2n) is 5.68. The first-order valence-corrected chi connectivity index (χ1v) is 6.82. The van der Waals surface area contributed by atoms with Crippen LogP contribution in [0.2, 0.25) is 0 Å². The standard InChI is InChI=1S/C13H22N4O/c1-2-17-4-3-12(15-17)7-16-6-11-5-14-8-13(11,9-16)10-18/h3-4,11,14,18H,2,5-10H2,1H3. The Labute approximate surface area is 108 Å². The summed E-state index contributed by atoms with van der Waals surface area (Å²) in [6.07, 6.45) is 2.04. The molecule has 2 atom stereocenters. The molecule has 0 aromatic carbocycles. The van der Waals surface area contributed by atoms with Crippen molar-refractivity contribution in [3.63, 3.8) is 0 Å². The molecule has 0 saturated carbocycles. The van der Waals surface area contributed by atoms with Crippen LogP contribution < -0.4 is 5.32 Å². The fourth-order valence-electron chi connectivity index (χ4n) is 3.37. The van der Waals surface area contributed by atoms with Crippen molar-refractivity contribution in [2.75, 3.05) is 32.8 Å². The van der Waals surface area contributed by atoms with Crippen molar-refractivity contribution in [1.29, 1.82) is 0 Å². The lowest BCUT2D eigenvalue weighted by molar-refractivity contribution is 0.123. The normalized spacial score (nSPS) is 32.0. The smallest absolute Gasteiger partial charge is 0.0764 e. The van der Waals surface area contributed by atoms with E-state index in [4.69, 9.17) is 0 Å². The zero-order chi connectivity index (χ0) is 12.6. The number of aliphatic hydroxyl groups excluding tert-OH is 1. The first-order valence-electron chi connectivity index (χ1n) is 6.82. The molecule has 0 radical (unpaired) electrons. The summed E-state index contributed by atoms with van der Waals surface area (Å²) in [7, 11) is 0. The predicted molar refractivity (Wildman–Crippen MR) is 69.1 cm³/mol. The first kappa shape index (κ1) is 12.1. The number of aliphatic hydroxyl groups is 1. The molecular formula is C13H22N4O. The van der Waals surface area contributed by atoms with Crippen LogP contribution in [-0.4, -0.2) is 52.6 Å².